The third kappa shape index (κ3) is 4.58. The summed E-state index contributed by atoms with van der Waals surface area (Å²) in [5.74, 6) is 0. The second kappa shape index (κ2) is 8.14. The summed E-state index contributed by atoms with van der Waals surface area (Å²) in [5.41, 5.74) is 3.06. The number of carbonyl (C=O) groups is 1. The molecule has 2 N–H and O–H groups in total. The Labute approximate surface area is 142 Å². The second-order valence-corrected chi connectivity index (χ2v) is 5.58. The lowest BCUT2D eigenvalue weighted by molar-refractivity contribution is 0.128. The summed E-state index contributed by atoms with van der Waals surface area (Å²) in [5, 5.41) is 21.9. The number of likely N-dealkylation sites (N-methyl/N-ethyl adjacent to an activating group) is 1. The first-order valence-electron chi connectivity index (χ1n) is 7.84. The summed E-state index contributed by atoms with van der Waals surface area (Å²) in [4.78, 5) is 13.9. The van der Waals surface area contributed by atoms with E-state index in [1.165, 1.54) is 0 Å². The van der Waals surface area contributed by atoms with Gasteiger partial charge in [-0.25, -0.2) is 4.79 Å². The molecule has 0 radical (unpaired) electrons. The molecule has 0 fully saturated rings. The van der Waals surface area contributed by atoms with Crippen LogP contribution in [-0.2, 0) is 0 Å². The number of rotatable bonds is 5. The van der Waals surface area contributed by atoms with E-state index in [2.05, 4.69) is 5.32 Å². The lowest BCUT2D eigenvalue weighted by Crippen LogP contribution is -2.37. The van der Waals surface area contributed by atoms with Gasteiger partial charge in [-0.1, -0.05) is 29.8 Å². The maximum absolute atomic E-state index is 12.4. The quantitative estimate of drug-likeness (QED) is 0.884. The molecular formula is C19H21N3O2. The van der Waals surface area contributed by atoms with Crippen LogP contribution in [0.25, 0.3) is 0 Å². The van der Waals surface area contributed by atoms with Crippen molar-refractivity contribution < 1.29 is 9.90 Å². The first-order chi connectivity index (χ1) is 11.5. The SMILES string of the molecule is CCN(CC(O)c1ccc(C)cc1)C(=O)Nc1ccc(C#N)cc1. The average Bonchev–Trinajstić information content (AvgIpc) is 2.60. The number of aliphatic hydroxyl groups is 1. The van der Waals surface area contributed by atoms with Gasteiger partial charge in [-0.3, -0.25) is 0 Å². The molecule has 2 aromatic carbocycles. The Morgan fingerprint density at radius 3 is 2.38 bits per heavy atom. The number of aliphatic hydroxyl groups excluding tert-OH is 1. The van der Waals surface area contributed by atoms with Crippen molar-refractivity contribution in [1.29, 1.82) is 5.26 Å². The van der Waals surface area contributed by atoms with Crippen molar-refractivity contribution in [2.24, 2.45) is 0 Å². The molecule has 0 aliphatic rings. The maximum Gasteiger partial charge on any atom is 0.321 e. The largest absolute Gasteiger partial charge is 0.387 e. The van der Waals surface area contributed by atoms with Gasteiger partial charge < -0.3 is 15.3 Å². The van der Waals surface area contributed by atoms with Gasteiger partial charge in [0.25, 0.3) is 0 Å². The standard InChI is InChI=1S/C19H21N3O2/c1-3-22(13-18(23)16-8-4-14(2)5-9-16)19(24)21-17-10-6-15(12-20)7-11-17/h4-11,18,23H,3,13H2,1-2H3,(H,21,24). The van der Waals surface area contributed by atoms with Gasteiger partial charge in [0.2, 0.25) is 0 Å². The van der Waals surface area contributed by atoms with Crippen LogP contribution in [0.3, 0.4) is 0 Å². The van der Waals surface area contributed by atoms with E-state index in [0.717, 1.165) is 11.1 Å². The number of anilines is 1. The molecule has 0 spiro atoms. The summed E-state index contributed by atoms with van der Waals surface area (Å²) >= 11 is 0. The van der Waals surface area contributed by atoms with E-state index < -0.39 is 6.10 Å². The lowest BCUT2D eigenvalue weighted by atomic mass is 10.1. The van der Waals surface area contributed by atoms with Crippen LogP contribution >= 0.6 is 0 Å². The number of aryl methyl sites for hydroxylation is 1. The van der Waals surface area contributed by atoms with Gasteiger partial charge in [-0.05, 0) is 43.7 Å². The molecule has 124 valence electrons. The van der Waals surface area contributed by atoms with E-state index in [4.69, 9.17) is 5.26 Å². The van der Waals surface area contributed by atoms with Crippen molar-refractivity contribution in [3.63, 3.8) is 0 Å². The molecule has 0 bridgehead atoms. The van der Waals surface area contributed by atoms with E-state index >= 15 is 0 Å². The summed E-state index contributed by atoms with van der Waals surface area (Å²) in [6.45, 7) is 4.53. The molecule has 1 atom stereocenters. The number of hydrogen-bond donors (Lipinski definition) is 2. The van der Waals surface area contributed by atoms with E-state index in [0.29, 0.717) is 17.8 Å². The molecule has 2 rings (SSSR count). The second-order valence-electron chi connectivity index (χ2n) is 5.58. The predicted octanol–water partition coefficient (Wildman–Crippen LogP) is 3.45. The van der Waals surface area contributed by atoms with Crippen molar-refractivity contribution in [3.05, 3.63) is 65.2 Å². The number of amides is 2. The number of nitriles is 1. The molecule has 5 heteroatoms. The third-order valence-corrected chi connectivity index (χ3v) is 3.79. The summed E-state index contributed by atoms with van der Waals surface area (Å²) in [6, 6.07) is 16.0. The van der Waals surface area contributed by atoms with Gasteiger partial charge in [0.05, 0.1) is 24.3 Å². The van der Waals surface area contributed by atoms with Crippen molar-refractivity contribution in [1.82, 2.24) is 4.90 Å². The van der Waals surface area contributed by atoms with Crippen molar-refractivity contribution in [3.8, 4) is 6.07 Å². The number of hydrogen-bond acceptors (Lipinski definition) is 3. The van der Waals surface area contributed by atoms with Gasteiger partial charge in [-0.15, -0.1) is 0 Å². The Balaban J connectivity index is 2.00. The molecular weight excluding hydrogens is 302 g/mol. The topological polar surface area (TPSA) is 76.4 Å². The Morgan fingerprint density at radius 1 is 1.21 bits per heavy atom. The minimum atomic E-state index is -0.739. The van der Waals surface area contributed by atoms with Crippen molar-refractivity contribution in [2.45, 2.75) is 20.0 Å². The minimum absolute atomic E-state index is 0.210. The summed E-state index contributed by atoms with van der Waals surface area (Å²) in [7, 11) is 0. The Kier molecular flexibility index (Phi) is 5.94. The molecule has 0 saturated carbocycles. The highest BCUT2D eigenvalue weighted by atomic mass is 16.3. The molecule has 0 saturated heterocycles. The van der Waals surface area contributed by atoms with E-state index in [1.807, 2.05) is 44.2 Å². The van der Waals surface area contributed by atoms with Crippen LogP contribution in [0.15, 0.2) is 48.5 Å². The fraction of sp³-hybridized carbons (Fsp3) is 0.263. The minimum Gasteiger partial charge on any atom is -0.387 e. The van der Waals surface area contributed by atoms with Crippen LogP contribution in [0.2, 0.25) is 0 Å². The molecule has 0 aromatic heterocycles. The normalized spacial score (nSPS) is 11.4. The summed E-state index contributed by atoms with van der Waals surface area (Å²) < 4.78 is 0. The van der Waals surface area contributed by atoms with E-state index in [-0.39, 0.29) is 12.6 Å². The lowest BCUT2D eigenvalue weighted by Gasteiger charge is -2.24. The molecule has 0 aliphatic heterocycles. The smallest absolute Gasteiger partial charge is 0.321 e. The molecule has 0 heterocycles. The number of nitrogens with one attached hydrogen (secondary N) is 1. The highest BCUT2D eigenvalue weighted by Crippen LogP contribution is 2.16. The van der Waals surface area contributed by atoms with Gasteiger partial charge in [0, 0.05) is 12.2 Å². The number of urea groups is 1. The molecule has 5 nitrogen and oxygen atoms in total. The predicted molar refractivity (Wildman–Crippen MR) is 93.6 cm³/mol. The fourth-order valence-electron chi connectivity index (χ4n) is 2.29. The maximum atomic E-state index is 12.4. The van der Waals surface area contributed by atoms with Crippen molar-refractivity contribution >= 4 is 11.7 Å². The van der Waals surface area contributed by atoms with Crippen LogP contribution in [-0.4, -0.2) is 29.1 Å². The Hall–Kier alpha value is -2.84. The number of carbonyl (C=O) groups excluding carboxylic acids is 1. The van der Waals surface area contributed by atoms with E-state index in [9.17, 15) is 9.90 Å². The fourth-order valence-corrected chi connectivity index (χ4v) is 2.29. The first kappa shape index (κ1) is 17.5. The number of nitrogens with zero attached hydrogens (tertiary/aromatic N) is 2. The zero-order valence-electron chi connectivity index (χ0n) is 13.9. The number of benzene rings is 2. The van der Waals surface area contributed by atoms with Gasteiger partial charge in [0.15, 0.2) is 0 Å². The summed E-state index contributed by atoms with van der Waals surface area (Å²) in [6.07, 6.45) is -0.739. The first-order valence-corrected chi connectivity index (χ1v) is 7.84. The zero-order chi connectivity index (χ0) is 17.5. The molecule has 2 aromatic rings. The highest BCUT2D eigenvalue weighted by molar-refractivity contribution is 5.89. The molecule has 24 heavy (non-hydrogen) atoms. The van der Waals surface area contributed by atoms with E-state index in [1.54, 1.807) is 29.2 Å². The van der Waals surface area contributed by atoms with Crippen LogP contribution in [0.4, 0.5) is 10.5 Å². The van der Waals surface area contributed by atoms with Crippen LogP contribution in [0, 0.1) is 18.3 Å². The van der Waals surface area contributed by atoms with Gasteiger partial charge in [-0.2, -0.15) is 5.26 Å². The van der Waals surface area contributed by atoms with Gasteiger partial charge >= 0.3 is 6.03 Å². The highest BCUT2D eigenvalue weighted by Gasteiger charge is 2.17. The average molecular weight is 323 g/mol. The van der Waals surface area contributed by atoms with Crippen LogP contribution in [0.1, 0.15) is 29.7 Å². The van der Waals surface area contributed by atoms with Crippen molar-refractivity contribution in [2.75, 3.05) is 18.4 Å². The van der Waals surface area contributed by atoms with Crippen LogP contribution in [0.5, 0.6) is 0 Å². The van der Waals surface area contributed by atoms with Gasteiger partial charge in [0.1, 0.15) is 0 Å². The Morgan fingerprint density at radius 2 is 1.83 bits per heavy atom. The zero-order valence-corrected chi connectivity index (χ0v) is 13.9. The molecule has 2 amide bonds. The Bertz CT molecular complexity index is 718. The third-order valence-electron chi connectivity index (χ3n) is 3.79. The molecule has 0 aliphatic carbocycles. The monoisotopic (exact) mass is 323 g/mol. The van der Waals surface area contributed by atoms with Crippen LogP contribution < -0.4 is 5.32 Å². The molecule has 1 unspecified atom stereocenters.